The molecule has 1 aromatic heterocycles. The van der Waals surface area contributed by atoms with Crippen molar-refractivity contribution in [2.24, 2.45) is 0 Å². The Morgan fingerprint density at radius 1 is 1.29 bits per heavy atom. The van der Waals surface area contributed by atoms with E-state index in [2.05, 4.69) is 25.9 Å². The van der Waals surface area contributed by atoms with E-state index in [1.807, 2.05) is 24.3 Å². The van der Waals surface area contributed by atoms with Crippen molar-refractivity contribution >= 4 is 17.5 Å². The molecular weight excluding hydrogens is 236 g/mol. The van der Waals surface area contributed by atoms with E-state index in [4.69, 9.17) is 21.9 Å². The first-order valence-corrected chi connectivity index (χ1v) is 5.79. The molecule has 0 saturated carbocycles. The molecule has 17 heavy (non-hydrogen) atoms. The van der Waals surface area contributed by atoms with E-state index in [0.29, 0.717) is 10.9 Å². The molecule has 4 heteroatoms. The van der Waals surface area contributed by atoms with Gasteiger partial charge in [-0.2, -0.15) is 0 Å². The Balaban J connectivity index is 2.63. The number of hydrogen-bond acceptors (Lipinski definition) is 3. The summed E-state index contributed by atoms with van der Waals surface area (Å²) in [5.74, 6) is 0.331. The second-order valence-electron chi connectivity index (χ2n) is 5.03. The average Bonchev–Trinajstić information content (AvgIpc) is 2.59. The highest BCUT2D eigenvalue weighted by molar-refractivity contribution is 6.30. The Hall–Kier alpha value is -1.48. The Labute approximate surface area is 106 Å². The number of nitrogens with zero attached hydrogens (tertiary/aromatic N) is 1. The van der Waals surface area contributed by atoms with Crippen LogP contribution in [-0.4, -0.2) is 5.16 Å². The van der Waals surface area contributed by atoms with E-state index < -0.39 is 0 Å². The molecule has 2 N–H and O–H groups in total. The van der Waals surface area contributed by atoms with E-state index in [1.165, 1.54) is 0 Å². The van der Waals surface area contributed by atoms with Gasteiger partial charge in [0, 0.05) is 10.4 Å². The molecule has 0 aliphatic carbocycles. The van der Waals surface area contributed by atoms with Gasteiger partial charge in [0.05, 0.1) is 11.3 Å². The Morgan fingerprint density at radius 3 is 2.59 bits per heavy atom. The first-order valence-electron chi connectivity index (χ1n) is 5.41. The first-order chi connectivity index (χ1) is 7.89. The molecule has 0 radical (unpaired) electrons. The largest absolute Gasteiger partial charge is 0.367 e. The topological polar surface area (TPSA) is 52.0 Å². The van der Waals surface area contributed by atoms with Crippen LogP contribution in [0.4, 0.5) is 5.88 Å². The summed E-state index contributed by atoms with van der Waals surface area (Å²) in [5, 5.41) is 4.72. The van der Waals surface area contributed by atoms with Crippen LogP contribution in [0.2, 0.25) is 5.02 Å². The van der Waals surface area contributed by atoms with Crippen LogP contribution in [0, 0.1) is 0 Å². The standard InChI is InChI=1S/C13H15ClN2O/c1-13(2,3)11-10(12(15)17-16-11)8-5-4-6-9(14)7-8/h4-7H,15H2,1-3H3. The normalized spacial score (nSPS) is 11.8. The van der Waals surface area contributed by atoms with Crippen LogP contribution in [0.3, 0.4) is 0 Å². The minimum atomic E-state index is -0.126. The lowest BCUT2D eigenvalue weighted by Gasteiger charge is -2.16. The summed E-state index contributed by atoms with van der Waals surface area (Å²) >= 11 is 5.99. The van der Waals surface area contributed by atoms with Crippen molar-refractivity contribution in [1.29, 1.82) is 0 Å². The van der Waals surface area contributed by atoms with Crippen LogP contribution >= 0.6 is 11.6 Å². The Morgan fingerprint density at radius 2 is 2.00 bits per heavy atom. The number of hydrogen-bond donors (Lipinski definition) is 1. The highest BCUT2D eigenvalue weighted by Gasteiger charge is 2.26. The highest BCUT2D eigenvalue weighted by atomic mass is 35.5. The molecule has 0 amide bonds. The molecule has 0 fully saturated rings. The summed E-state index contributed by atoms with van der Waals surface area (Å²) in [6.07, 6.45) is 0. The van der Waals surface area contributed by atoms with Gasteiger partial charge in [0.2, 0.25) is 5.88 Å². The zero-order valence-electron chi connectivity index (χ0n) is 10.1. The van der Waals surface area contributed by atoms with Crippen LogP contribution < -0.4 is 5.73 Å². The number of aromatic nitrogens is 1. The van der Waals surface area contributed by atoms with E-state index in [1.54, 1.807) is 0 Å². The lowest BCUT2D eigenvalue weighted by molar-refractivity contribution is 0.405. The summed E-state index contributed by atoms with van der Waals surface area (Å²) in [5.41, 5.74) is 8.33. The number of anilines is 1. The monoisotopic (exact) mass is 250 g/mol. The predicted octanol–water partition coefficient (Wildman–Crippen LogP) is 3.87. The van der Waals surface area contributed by atoms with Gasteiger partial charge in [0.15, 0.2) is 0 Å². The summed E-state index contributed by atoms with van der Waals surface area (Å²) < 4.78 is 5.10. The van der Waals surface area contributed by atoms with Crippen molar-refractivity contribution in [1.82, 2.24) is 5.16 Å². The van der Waals surface area contributed by atoms with Gasteiger partial charge in [-0.25, -0.2) is 0 Å². The van der Waals surface area contributed by atoms with Gasteiger partial charge in [-0.15, -0.1) is 0 Å². The summed E-state index contributed by atoms with van der Waals surface area (Å²) in [6.45, 7) is 6.20. The van der Waals surface area contributed by atoms with Gasteiger partial charge in [-0.1, -0.05) is 49.7 Å². The maximum absolute atomic E-state index is 5.99. The van der Waals surface area contributed by atoms with Gasteiger partial charge in [0.1, 0.15) is 0 Å². The van der Waals surface area contributed by atoms with Crippen molar-refractivity contribution in [3.8, 4) is 11.1 Å². The van der Waals surface area contributed by atoms with Crippen molar-refractivity contribution in [2.45, 2.75) is 26.2 Å². The number of nitrogen functional groups attached to an aromatic ring is 1. The number of rotatable bonds is 1. The van der Waals surface area contributed by atoms with E-state index >= 15 is 0 Å². The minimum absolute atomic E-state index is 0.126. The van der Waals surface area contributed by atoms with Crippen LogP contribution in [0.1, 0.15) is 26.5 Å². The molecular formula is C13H15ClN2O. The van der Waals surface area contributed by atoms with Crippen LogP contribution in [0.5, 0.6) is 0 Å². The molecule has 2 rings (SSSR count). The molecule has 2 aromatic rings. The van der Waals surface area contributed by atoms with E-state index in [9.17, 15) is 0 Å². The molecule has 0 aliphatic heterocycles. The summed E-state index contributed by atoms with van der Waals surface area (Å²) in [6, 6.07) is 7.52. The third kappa shape index (κ3) is 2.29. The number of benzene rings is 1. The molecule has 90 valence electrons. The fraction of sp³-hybridized carbons (Fsp3) is 0.308. The van der Waals surface area contributed by atoms with Crippen LogP contribution in [0.15, 0.2) is 28.8 Å². The van der Waals surface area contributed by atoms with Gasteiger partial charge in [-0.3, -0.25) is 0 Å². The maximum Gasteiger partial charge on any atom is 0.230 e. The van der Waals surface area contributed by atoms with Crippen molar-refractivity contribution in [3.63, 3.8) is 0 Å². The molecule has 0 saturated heterocycles. The second-order valence-corrected chi connectivity index (χ2v) is 5.47. The van der Waals surface area contributed by atoms with Gasteiger partial charge >= 0.3 is 0 Å². The van der Waals surface area contributed by atoms with Gasteiger partial charge < -0.3 is 10.3 Å². The zero-order valence-corrected chi connectivity index (χ0v) is 10.9. The quantitative estimate of drug-likeness (QED) is 0.836. The van der Waals surface area contributed by atoms with E-state index in [0.717, 1.165) is 16.8 Å². The fourth-order valence-electron chi connectivity index (χ4n) is 1.74. The predicted molar refractivity (Wildman–Crippen MR) is 70.1 cm³/mol. The Bertz CT molecular complexity index is 541. The molecule has 0 bridgehead atoms. The SMILES string of the molecule is CC(C)(C)c1noc(N)c1-c1cccc(Cl)c1. The zero-order chi connectivity index (χ0) is 12.6. The molecule has 0 atom stereocenters. The van der Waals surface area contributed by atoms with Crippen molar-refractivity contribution in [2.75, 3.05) is 5.73 Å². The second kappa shape index (κ2) is 4.08. The maximum atomic E-state index is 5.99. The number of halogens is 1. The molecule has 0 spiro atoms. The van der Waals surface area contributed by atoms with E-state index in [-0.39, 0.29) is 5.41 Å². The van der Waals surface area contributed by atoms with Gasteiger partial charge in [-0.05, 0) is 17.7 Å². The first kappa shape index (κ1) is 12.0. The lowest BCUT2D eigenvalue weighted by Crippen LogP contribution is -2.13. The third-order valence-electron chi connectivity index (χ3n) is 2.54. The summed E-state index contributed by atoms with van der Waals surface area (Å²) in [7, 11) is 0. The molecule has 0 aliphatic rings. The smallest absolute Gasteiger partial charge is 0.230 e. The Kier molecular flexibility index (Phi) is 2.87. The van der Waals surface area contributed by atoms with Crippen LogP contribution in [0.25, 0.3) is 11.1 Å². The van der Waals surface area contributed by atoms with Crippen LogP contribution in [-0.2, 0) is 5.41 Å². The minimum Gasteiger partial charge on any atom is -0.367 e. The highest BCUT2D eigenvalue weighted by Crippen LogP contribution is 2.37. The van der Waals surface area contributed by atoms with Gasteiger partial charge in [0.25, 0.3) is 0 Å². The molecule has 0 unspecified atom stereocenters. The van der Waals surface area contributed by atoms with Crippen molar-refractivity contribution in [3.05, 3.63) is 35.0 Å². The lowest BCUT2D eigenvalue weighted by atomic mass is 9.87. The number of nitrogens with two attached hydrogens (primary N) is 1. The fourth-order valence-corrected chi connectivity index (χ4v) is 1.93. The molecule has 1 aromatic carbocycles. The van der Waals surface area contributed by atoms with Crippen molar-refractivity contribution < 1.29 is 4.52 Å². The molecule has 3 nitrogen and oxygen atoms in total. The average molecular weight is 251 g/mol. The third-order valence-corrected chi connectivity index (χ3v) is 2.78. The summed E-state index contributed by atoms with van der Waals surface area (Å²) in [4.78, 5) is 0. The molecule has 1 heterocycles.